The second-order valence-electron chi connectivity index (χ2n) is 9.00. The van der Waals surface area contributed by atoms with Crippen LogP contribution >= 0.6 is 0 Å². The first-order valence-corrected chi connectivity index (χ1v) is 9.16. The molecule has 3 unspecified atom stereocenters. The summed E-state index contributed by atoms with van der Waals surface area (Å²) in [6.07, 6.45) is 10.1. The minimum absolute atomic E-state index is 0.0124. The third-order valence-corrected chi connectivity index (χ3v) is 8.35. The van der Waals surface area contributed by atoms with E-state index in [-0.39, 0.29) is 11.5 Å². The highest BCUT2D eigenvalue weighted by atomic mass is 16.3. The summed E-state index contributed by atoms with van der Waals surface area (Å²) in [6, 6.07) is 0. The predicted octanol–water partition coefficient (Wildman–Crippen LogP) is 3.96. The number of ketones is 1. The van der Waals surface area contributed by atoms with E-state index in [0.717, 1.165) is 49.9 Å². The molecular weight excluding hydrogens is 260 g/mol. The molecule has 1 N–H and O–H groups in total. The Balaban J connectivity index is 1.64. The number of fused-ring (bicyclic) bond motifs is 5. The molecule has 2 nitrogen and oxygen atoms in total. The second kappa shape index (κ2) is 4.57. The van der Waals surface area contributed by atoms with Crippen LogP contribution in [0.1, 0.15) is 71.6 Å². The Labute approximate surface area is 128 Å². The molecule has 7 atom stereocenters. The average Bonchev–Trinajstić information content (AvgIpc) is 2.76. The lowest BCUT2D eigenvalue weighted by Gasteiger charge is -2.60. The summed E-state index contributed by atoms with van der Waals surface area (Å²) in [5, 5.41) is 10.0. The molecule has 0 saturated heterocycles. The van der Waals surface area contributed by atoms with Gasteiger partial charge in [0.05, 0.1) is 6.10 Å². The lowest BCUT2D eigenvalue weighted by Crippen LogP contribution is -2.54. The molecule has 0 aliphatic heterocycles. The van der Waals surface area contributed by atoms with Crippen molar-refractivity contribution in [2.75, 3.05) is 0 Å². The van der Waals surface area contributed by atoms with E-state index in [9.17, 15) is 9.90 Å². The molecule has 4 aliphatic carbocycles. The number of aliphatic hydroxyl groups excluding tert-OH is 1. The van der Waals surface area contributed by atoms with Gasteiger partial charge in [0.25, 0.3) is 0 Å². The molecule has 4 saturated carbocycles. The molecule has 4 rings (SSSR count). The smallest absolute Gasteiger partial charge is 0.139 e. The summed E-state index contributed by atoms with van der Waals surface area (Å²) < 4.78 is 0. The number of carbonyl (C=O) groups is 1. The van der Waals surface area contributed by atoms with Crippen LogP contribution < -0.4 is 0 Å². The number of Topliss-reactive ketones (excluding diaryl/α,β-unsaturated/α-hetero) is 1. The van der Waals surface area contributed by atoms with Crippen LogP contribution in [0.15, 0.2) is 0 Å². The minimum atomic E-state index is -0.0541. The van der Waals surface area contributed by atoms with Crippen molar-refractivity contribution in [3.05, 3.63) is 0 Å². The van der Waals surface area contributed by atoms with Crippen molar-refractivity contribution in [2.24, 2.45) is 34.5 Å². The first kappa shape index (κ1) is 14.2. The van der Waals surface area contributed by atoms with Crippen LogP contribution in [0.3, 0.4) is 0 Å². The van der Waals surface area contributed by atoms with Gasteiger partial charge in [-0.05, 0) is 80.5 Å². The summed E-state index contributed by atoms with van der Waals surface area (Å²) in [7, 11) is 0. The zero-order valence-corrected chi connectivity index (χ0v) is 13.6. The highest BCUT2D eigenvalue weighted by molar-refractivity contribution is 5.87. The van der Waals surface area contributed by atoms with Gasteiger partial charge in [-0.15, -0.1) is 0 Å². The summed E-state index contributed by atoms with van der Waals surface area (Å²) >= 11 is 0. The van der Waals surface area contributed by atoms with Gasteiger partial charge in [0.1, 0.15) is 5.78 Å². The molecule has 0 radical (unpaired) electrons. The van der Waals surface area contributed by atoms with Gasteiger partial charge < -0.3 is 5.11 Å². The van der Waals surface area contributed by atoms with Crippen LogP contribution in [0.4, 0.5) is 0 Å². The van der Waals surface area contributed by atoms with Crippen LogP contribution in [0, 0.1) is 34.5 Å². The van der Waals surface area contributed by atoms with Crippen molar-refractivity contribution in [2.45, 2.75) is 77.7 Å². The molecule has 0 aromatic rings. The van der Waals surface area contributed by atoms with Crippen LogP contribution in [0.2, 0.25) is 0 Å². The second-order valence-corrected chi connectivity index (χ2v) is 9.00. The molecule has 0 aromatic carbocycles. The van der Waals surface area contributed by atoms with Crippen molar-refractivity contribution < 1.29 is 9.90 Å². The van der Waals surface area contributed by atoms with Gasteiger partial charge in [-0.3, -0.25) is 4.79 Å². The zero-order chi connectivity index (χ0) is 14.8. The molecule has 4 fully saturated rings. The van der Waals surface area contributed by atoms with Crippen molar-refractivity contribution in [1.29, 1.82) is 0 Å². The van der Waals surface area contributed by atoms with Crippen LogP contribution in [0.25, 0.3) is 0 Å². The van der Waals surface area contributed by atoms with E-state index in [2.05, 4.69) is 13.8 Å². The summed E-state index contributed by atoms with van der Waals surface area (Å²) in [4.78, 5) is 12.4. The average molecular weight is 290 g/mol. The maximum atomic E-state index is 12.4. The lowest BCUT2D eigenvalue weighted by atomic mass is 9.45. The molecule has 4 aliphatic rings. The fourth-order valence-electron chi connectivity index (χ4n) is 7.01. The Morgan fingerprint density at radius 1 is 1.00 bits per heavy atom. The standard InChI is InChI=1S/C19H30O2/c1-18-9-7-13(20)11-12(18)3-4-14-15-5-6-17(21)19(15,2)10-8-16(14)18/h12-16,20H,3-11H2,1-2H3/t12?,13-,14?,15+,16?,18+,19+/m1/s1. The third-order valence-electron chi connectivity index (χ3n) is 8.35. The highest BCUT2D eigenvalue weighted by Crippen LogP contribution is 2.65. The summed E-state index contributed by atoms with van der Waals surface area (Å²) in [5.74, 6) is 3.54. The largest absolute Gasteiger partial charge is 0.393 e. The fourth-order valence-corrected chi connectivity index (χ4v) is 7.01. The van der Waals surface area contributed by atoms with Gasteiger partial charge >= 0.3 is 0 Å². The Bertz CT molecular complexity index is 458. The van der Waals surface area contributed by atoms with Gasteiger partial charge in [0.15, 0.2) is 0 Å². The van der Waals surface area contributed by atoms with Crippen molar-refractivity contribution in [1.82, 2.24) is 0 Å². The Kier molecular flexibility index (Phi) is 3.10. The van der Waals surface area contributed by atoms with E-state index in [1.165, 1.54) is 25.7 Å². The molecule has 118 valence electrons. The van der Waals surface area contributed by atoms with Crippen LogP contribution in [0.5, 0.6) is 0 Å². The van der Waals surface area contributed by atoms with Gasteiger partial charge in [0, 0.05) is 11.8 Å². The van der Waals surface area contributed by atoms with E-state index in [1.807, 2.05) is 0 Å². The molecule has 0 aromatic heterocycles. The molecule has 2 heteroatoms. The van der Waals surface area contributed by atoms with Crippen LogP contribution in [-0.4, -0.2) is 17.0 Å². The topological polar surface area (TPSA) is 37.3 Å². The summed E-state index contributed by atoms with van der Waals surface area (Å²) in [6.45, 7) is 4.78. The van der Waals surface area contributed by atoms with Gasteiger partial charge in [-0.1, -0.05) is 13.8 Å². The van der Waals surface area contributed by atoms with Gasteiger partial charge in [-0.25, -0.2) is 0 Å². The van der Waals surface area contributed by atoms with E-state index >= 15 is 0 Å². The number of rotatable bonds is 0. The number of hydrogen-bond acceptors (Lipinski definition) is 2. The molecule has 21 heavy (non-hydrogen) atoms. The number of carbonyl (C=O) groups excluding carboxylic acids is 1. The number of hydrogen-bond donors (Lipinski definition) is 1. The predicted molar refractivity (Wildman–Crippen MR) is 82.7 cm³/mol. The van der Waals surface area contributed by atoms with Crippen molar-refractivity contribution in [3.63, 3.8) is 0 Å². The van der Waals surface area contributed by atoms with Crippen LogP contribution in [-0.2, 0) is 4.79 Å². The summed E-state index contributed by atoms with van der Waals surface area (Å²) in [5.41, 5.74) is 0.452. The quantitative estimate of drug-likeness (QED) is 0.733. The van der Waals surface area contributed by atoms with E-state index in [1.54, 1.807) is 0 Å². The van der Waals surface area contributed by atoms with E-state index in [0.29, 0.717) is 17.1 Å². The fraction of sp³-hybridized carbons (Fsp3) is 0.947. The zero-order valence-electron chi connectivity index (χ0n) is 13.6. The molecule has 0 heterocycles. The van der Waals surface area contributed by atoms with Gasteiger partial charge in [0.2, 0.25) is 0 Å². The minimum Gasteiger partial charge on any atom is -0.393 e. The normalized spacial score (nSPS) is 56.5. The number of aliphatic hydroxyl groups is 1. The van der Waals surface area contributed by atoms with E-state index in [4.69, 9.17) is 0 Å². The third kappa shape index (κ3) is 1.84. The van der Waals surface area contributed by atoms with Crippen molar-refractivity contribution >= 4 is 5.78 Å². The maximum absolute atomic E-state index is 12.4. The monoisotopic (exact) mass is 290 g/mol. The molecule has 0 bridgehead atoms. The first-order chi connectivity index (χ1) is 9.95. The lowest BCUT2D eigenvalue weighted by molar-refractivity contribution is -0.142. The molecule has 0 amide bonds. The maximum Gasteiger partial charge on any atom is 0.139 e. The SMILES string of the molecule is C[C@]12CC[C@@H](O)CC1CCC1C2CC[C@]2(C)C(=O)CC[C@@H]12. The highest BCUT2D eigenvalue weighted by Gasteiger charge is 2.60. The molecule has 0 spiro atoms. The van der Waals surface area contributed by atoms with E-state index < -0.39 is 0 Å². The molecular formula is C19H30O2. The Morgan fingerprint density at radius 2 is 1.81 bits per heavy atom. The Morgan fingerprint density at radius 3 is 2.62 bits per heavy atom. The van der Waals surface area contributed by atoms with Crippen molar-refractivity contribution in [3.8, 4) is 0 Å². The first-order valence-electron chi connectivity index (χ1n) is 9.16. The Hall–Kier alpha value is -0.370. The van der Waals surface area contributed by atoms with Gasteiger partial charge in [-0.2, -0.15) is 0 Å².